The van der Waals surface area contributed by atoms with Crippen LogP contribution in [-0.2, 0) is 16.6 Å². The molecule has 4 rings (SSSR count). The summed E-state index contributed by atoms with van der Waals surface area (Å²) in [6.07, 6.45) is 0. The zero-order chi connectivity index (χ0) is 25.0. The zero-order valence-corrected chi connectivity index (χ0v) is 21.0. The molecule has 0 saturated carbocycles. The quantitative estimate of drug-likeness (QED) is 0.466. The summed E-state index contributed by atoms with van der Waals surface area (Å²) in [6, 6.07) is 15.7. The van der Waals surface area contributed by atoms with Crippen molar-refractivity contribution in [2.75, 3.05) is 32.8 Å². The van der Waals surface area contributed by atoms with Crippen LogP contribution in [0.5, 0.6) is 11.5 Å². The van der Waals surface area contributed by atoms with Crippen molar-refractivity contribution in [3.63, 3.8) is 0 Å². The van der Waals surface area contributed by atoms with Gasteiger partial charge in [0.05, 0.1) is 11.5 Å². The van der Waals surface area contributed by atoms with Crippen molar-refractivity contribution in [1.29, 1.82) is 0 Å². The topological polar surface area (TPSA) is 89.3 Å². The maximum absolute atomic E-state index is 13.0. The summed E-state index contributed by atoms with van der Waals surface area (Å²) in [5.74, 6) is 1.87. The number of hydrogen-bond acceptors (Lipinski definition) is 6. The van der Waals surface area contributed by atoms with Crippen LogP contribution in [0.25, 0.3) is 0 Å². The number of furan rings is 1. The van der Waals surface area contributed by atoms with Gasteiger partial charge < -0.3 is 18.8 Å². The number of carbonyl (C=O) groups excluding carboxylic acids is 1. The van der Waals surface area contributed by atoms with Crippen molar-refractivity contribution in [3.8, 4) is 11.5 Å². The van der Waals surface area contributed by atoms with E-state index in [1.54, 1.807) is 41.3 Å². The number of ether oxygens (including phenoxy) is 2. The van der Waals surface area contributed by atoms with Gasteiger partial charge >= 0.3 is 0 Å². The molecule has 0 radical (unpaired) electrons. The Bertz CT molecular complexity index is 1260. The molecule has 0 bridgehead atoms. The van der Waals surface area contributed by atoms with Gasteiger partial charge in [0.15, 0.2) is 5.76 Å². The van der Waals surface area contributed by atoms with Gasteiger partial charge in [-0.25, -0.2) is 8.42 Å². The third-order valence-corrected chi connectivity index (χ3v) is 7.66. The highest BCUT2D eigenvalue weighted by atomic mass is 32.2. The molecule has 1 aliphatic heterocycles. The average Bonchev–Trinajstić information content (AvgIpc) is 3.31. The first-order valence-corrected chi connectivity index (χ1v) is 13.0. The molecule has 0 unspecified atom stereocenters. The molecular weight excluding hydrogens is 468 g/mol. The lowest BCUT2D eigenvalue weighted by molar-refractivity contribution is 0.0662. The molecular formula is C26H30N2O6S. The highest BCUT2D eigenvalue weighted by Gasteiger charge is 2.31. The summed E-state index contributed by atoms with van der Waals surface area (Å²) in [5.41, 5.74) is 2.22. The lowest BCUT2D eigenvalue weighted by Crippen LogP contribution is -2.50. The molecule has 1 saturated heterocycles. The second-order valence-electron chi connectivity index (χ2n) is 8.48. The van der Waals surface area contributed by atoms with E-state index >= 15 is 0 Å². The Balaban J connectivity index is 1.33. The largest absolute Gasteiger partial charge is 0.494 e. The lowest BCUT2D eigenvalue weighted by Gasteiger charge is -2.33. The predicted molar refractivity (Wildman–Crippen MR) is 131 cm³/mol. The molecule has 0 aliphatic carbocycles. The number of aryl methyl sites for hydroxylation is 2. The fourth-order valence-corrected chi connectivity index (χ4v) is 5.47. The molecule has 0 atom stereocenters. The molecule has 3 aromatic rings. The Morgan fingerprint density at radius 1 is 0.886 bits per heavy atom. The third kappa shape index (κ3) is 5.86. The van der Waals surface area contributed by atoms with Gasteiger partial charge in [0.25, 0.3) is 5.91 Å². The number of piperazine rings is 1. The van der Waals surface area contributed by atoms with Gasteiger partial charge in [-0.15, -0.1) is 0 Å². The van der Waals surface area contributed by atoms with Crippen molar-refractivity contribution in [2.24, 2.45) is 0 Å². The summed E-state index contributed by atoms with van der Waals surface area (Å²) in [6.45, 7) is 7.60. The van der Waals surface area contributed by atoms with E-state index in [2.05, 4.69) is 6.07 Å². The van der Waals surface area contributed by atoms with Crippen molar-refractivity contribution < 1.29 is 27.1 Å². The van der Waals surface area contributed by atoms with Gasteiger partial charge in [0.1, 0.15) is 23.9 Å². The molecule has 0 spiro atoms. The summed E-state index contributed by atoms with van der Waals surface area (Å²) >= 11 is 0. The molecule has 1 aromatic heterocycles. The number of nitrogens with zero attached hydrogens (tertiary/aromatic N) is 2. The normalized spacial score (nSPS) is 14.7. The van der Waals surface area contributed by atoms with Gasteiger partial charge in [-0.2, -0.15) is 4.31 Å². The highest BCUT2D eigenvalue weighted by molar-refractivity contribution is 7.89. The Morgan fingerprint density at radius 3 is 2.17 bits per heavy atom. The Kier molecular flexibility index (Phi) is 7.47. The second kappa shape index (κ2) is 10.5. The summed E-state index contributed by atoms with van der Waals surface area (Å²) in [7, 11) is -3.64. The van der Waals surface area contributed by atoms with Gasteiger partial charge in [0, 0.05) is 26.2 Å². The van der Waals surface area contributed by atoms with Crippen molar-refractivity contribution >= 4 is 15.9 Å². The standard InChI is InChI=1S/C26H30N2O6S/c1-4-32-21-5-8-24(9-6-21)35(30,31)28-13-11-27(12-14-28)26(29)25-10-7-22(34-25)18-33-23-16-19(2)15-20(3)17-23/h5-10,15-17H,4,11-14,18H2,1-3H3. The number of amides is 1. The summed E-state index contributed by atoms with van der Waals surface area (Å²) in [4.78, 5) is 14.7. The monoisotopic (exact) mass is 498 g/mol. The first-order valence-electron chi connectivity index (χ1n) is 11.6. The van der Waals surface area contributed by atoms with Crippen LogP contribution in [-0.4, -0.2) is 56.3 Å². The van der Waals surface area contributed by atoms with Crippen LogP contribution in [0, 0.1) is 13.8 Å². The van der Waals surface area contributed by atoms with E-state index in [4.69, 9.17) is 13.9 Å². The first-order chi connectivity index (χ1) is 16.8. The van der Waals surface area contributed by atoms with Gasteiger partial charge in [-0.1, -0.05) is 6.07 Å². The summed E-state index contributed by atoms with van der Waals surface area (Å²) < 4.78 is 44.3. The van der Waals surface area contributed by atoms with Crippen LogP contribution in [0.2, 0.25) is 0 Å². The van der Waals surface area contributed by atoms with Gasteiger partial charge in [-0.3, -0.25) is 4.79 Å². The molecule has 9 heteroatoms. The minimum atomic E-state index is -3.64. The molecule has 0 N–H and O–H groups in total. The number of benzene rings is 2. The molecule has 1 fully saturated rings. The summed E-state index contributed by atoms with van der Waals surface area (Å²) in [5, 5.41) is 0. The molecule has 2 heterocycles. The molecule has 1 amide bonds. The van der Waals surface area contributed by atoms with Crippen molar-refractivity contribution in [1.82, 2.24) is 9.21 Å². The van der Waals surface area contributed by atoms with E-state index in [0.29, 0.717) is 18.1 Å². The zero-order valence-electron chi connectivity index (χ0n) is 20.2. The van der Waals surface area contributed by atoms with Crippen LogP contribution in [0.3, 0.4) is 0 Å². The fourth-order valence-electron chi connectivity index (χ4n) is 4.05. The van der Waals surface area contributed by atoms with Crippen LogP contribution < -0.4 is 9.47 Å². The second-order valence-corrected chi connectivity index (χ2v) is 10.4. The maximum Gasteiger partial charge on any atom is 0.289 e. The Labute approximate surface area is 206 Å². The van der Waals surface area contributed by atoms with Gasteiger partial charge in [0.2, 0.25) is 10.0 Å². The van der Waals surface area contributed by atoms with Crippen LogP contribution >= 0.6 is 0 Å². The van der Waals surface area contributed by atoms with E-state index in [1.165, 1.54) is 4.31 Å². The SMILES string of the molecule is CCOc1ccc(S(=O)(=O)N2CCN(C(=O)c3ccc(COc4cc(C)cc(C)c4)o3)CC2)cc1. The minimum Gasteiger partial charge on any atom is -0.494 e. The molecule has 35 heavy (non-hydrogen) atoms. The number of sulfonamides is 1. The Hall–Kier alpha value is -3.30. The number of rotatable bonds is 8. The van der Waals surface area contributed by atoms with Crippen LogP contribution in [0.15, 0.2) is 63.9 Å². The average molecular weight is 499 g/mol. The van der Waals surface area contributed by atoms with E-state index in [9.17, 15) is 13.2 Å². The smallest absolute Gasteiger partial charge is 0.289 e. The van der Waals surface area contributed by atoms with E-state index in [1.807, 2.05) is 32.9 Å². The molecule has 8 nitrogen and oxygen atoms in total. The Morgan fingerprint density at radius 2 is 1.54 bits per heavy atom. The molecule has 2 aromatic carbocycles. The first kappa shape index (κ1) is 24.8. The molecule has 186 valence electrons. The number of hydrogen-bond donors (Lipinski definition) is 0. The van der Waals surface area contributed by atoms with Crippen LogP contribution in [0.1, 0.15) is 34.4 Å². The van der Waals surface area contributed by atoms with Crippen LogP contribution in [0.4, 0.5) is 0 Å². The van der Waals surface area contributed by atoms with Crippen molar-refractivity contribution in [3.05, 3.63) is 77.2 Å². The fraction of sp³-hybridized carbons (Fsp3) is 0.346. The van der Waals surface area contributed by atoms with E-state index in [-0.39, 0.29) is 49.3 Å². The van der Waals surface area contributed by atoms with Gasteiger partial charge in [-0.05, 0) is 80.4 Å². The minimum absolute atomic E-state index is 0.209. The lowest BCUT2D eigenvalue weighted by atomic mass is 10.1. The maximum atomic E-state index is 13.0. The molecule has 1 aliphatic rings. The van der Waals surface area contributed by atoms with Crippen molar-refractivity contribution in [2.45, 2.75) is 32.3 Å². The third-order valence-electron chi connectivity index (χ3n) is 5.75. The van der Waals surface area contributed by atoms with E-state index in [0.717, 1.165) is 16.9 Å². The highest BCUT2D eigenvalue weighted by Crippen LogP contribution is 2.22. The van der Waals surface area contributed by atoms with E-state index < -0.39 is 10.0 Å². The number of carbonyl (C=O) groups is 1. The predicted octanol–water partition coefficient (Wildman–Crippen LogP) is 4.02.